The van der Waals surface area contributed by atoms with Crippen LogP contribution in [0.2, 0.25) is 0 Å². The molecule has 0 unspecified atom stereocenters. The summed E-state index contributed by atoms with van der Waals surface area (Å²) in [6.45, 7) is 9.97. The second-order valence-corrected chi connectivity index (χ2v) is 5.30. The van der Waals surface area contributed by atoms with Gasteiger partial charge >= 0.3 is 0 Å². The molecule has 23 heavy (non-hydrogen) atoms. The normalized spacial score (nSPS) is 10.2. The molecule has 1 amide bonds. The number of hydrogen-bond donors (Lipinski definition) is 2. The van der Waals surface area contributed by atoms with Crippen molar-refractivity contribution in [3.05, 3.63) is 59.4 Å². The highest BCUT2D eigenvalue weighted by molar-refractivity contribution is 5.92. The predicted molar refractivity (Wildman–Crippen MR) is 93.1 cm³/mol. The number of anilines is 2. The zero-order valence-corrected chi connectivity index (χ0v) is 13.8. The van der Waals surface area contributed by atoms with Crippen LogP contribution in [0.5, 0.6) is 0 Å². The lowest BCUT2D eigenvalue weighted by Gasteiger charge is -2.14. The highest BCUT2D eigenvalue weighted by Crippen LogP contribution is 2.24. The van der Waals surface area contributed by atoms with Crippen LogP contribution in [-0.2, 0) is 6.42 Å². The summed E-state index contributed by atoms with van der Waals surface area (Å²) in [7, 11) is 0. The highest BCUT2D eigenvalue weighted by atomic mass is 16.1. The number of para-hydroxylation sites is 1. The van der Waals surface area contributed by atoms with Crippen molar-refractivity contribution < 1.29 is 4.79 Å². The zero-order valence-electron chi connectivity index (χ0n) is 13.8. The Balaban J connectivity index is 2.32. The number of nitrogens with one attached hydrogen (secondary N) is 2. The molecule has 2 aromatic rings. The summed E-state index contributed by atoms with van der Waals surface area (Å²) in [5.41, 5.74) is 4.38. The summed E-state index contributed by atoms with van der Waals surface area (Å²) in [6, 6.07) is 7.81. The zero-order chi connectivity index (χ0) is 16.8. The third kappa shape index (κ3) is 4.16. The highest BCUT2D eigenvalue weighted by Gasteiger charge is 2.12. The summed E-state index contributed by atoms with van der Waals surface area (Å²) in [5, 5.41) is 5.99. The summed E-state index contributed by atoms with van der Waals surface area (Å²) < 4.78 is 0. The standard InChI is InChI=1S/C18H22N4O/c1-5-10-19-17(23)15-11-13(4)20-18(21-15)22-16-12(3)8-7-9-14(16)6-2/h5,7-9,11H,1,6,10H2,2-4H3,(H,19,23)(H,20,21,22). The number of aryl methyl sites for hydroxylation is 3. The van der Waals surface area contributed by atoms with Crippen LogP contribution < -0.4 is 10.6 Å². The Morgan fingerprint density at radius 1 is 1.30 bits per heavy atom. The molecule has 2 N–H and O–H groups in total. The van der Waals surface area contributed by atoms with Gasteiger partial charge < -0.3 is 10.6 Å². The van der Waals surface area contributed by atoms with E-state index in [0.717, 1.165) is 23.4 Å². The topological polar surface area (TPSA) is 66.9 Å². The monoisotopic (exact) mass is 310 g/mol. The van der Waals surface area contributed by atoms with Crippen LogP contribution in [0.1, 0.15) is 34.2 Å². The van der Waals surface area contributed by atoms with Gasteiger partial charge in [-0.05, 0) is 37.5 Å². The third-order valence-corrected chi connectivity index (χ3v) is 3.47. The molecule has 0 saturated heterocycles. The molecule has 0 atom stereocenters. The number of benzene rings is 1. The number of carbonyl (C=O) groups is 1. The SMILES string of the molecule is C=CCNC(=O)c1cc(C)nc(Nc2c(C)cccc2CC)n1. The lowest BCUT2D eigenvalue weighted by molar-refractivity contribution is 0.0953. The molecule has 1 aromatic heterocycles. The van der Waals surface area contributed by atoms with Gasteiger partial charge in [-0.1, -0.05) is 31.2 Å². The quantitative estimate of drug-likeness (QED) is 0.803. The van der Waals surface area contributed by atoms with E-state index in [1.807, 2.05) is 26.0 Å². The molecule has 0 fully saturated rings. The Hall–Kier alpha value is -2.69. The van der Waals surface area contributed by atoms with E-state index in [9.17, 15) is 4.79 Å². The first-order valence-corrected chi connectivity index (χ1v) is 7.65. The van der Waals surface area contributed by atoms with Gasteiger partial charge in [0.05, 0.1) is 0 Å². The second kappa shape index (κ2) is 7.54. The molecule has 0 saturated carbocycles. The first kappa shape index (κ1) is 16.7. The third-order valence-electron chi connectivity index (χ3n) is 3.47. The number of carbonyl (C=O) groups excluding carboxylic acids is 1. The molecule has 0 radical (unpaired) electrons. The Bertz CT molecular complexity index is 725. The van der Waals surface area contributed by atoms with Crippen molar-refractivity contribution in [1.29, 1.82) is 0 Å². The first-order chi connectivity index (χ1) is 11.0. The minimum Gasteiger partial charge on any atom is -0.347 e. The van der Waals surface area contributed by atoms with Crippen molar-refractivity contribution in [3.8, 4) is 0 Å². The molecule has 0 bridgehead atoms. The van der Waals surface area contributed by atoms with Crippen LogP contribution in [0.4, 0.5) is 11.6 Å². The molecular weight excluding hydrogens is 288 g/mol. The molecule has 0 aliphatic heterocycles. The van der Waals surface area contributed by atoms with E-state index in [0.29, 0.717) is 18.2 Å². The van der Waals surface area contributed by atoms with Crippen molar-refractivity contribution in [2.75, 3.05) is 11.9 Å². The van der Waals surface area contributed by atoms with Crippen molar-refractivity contribution in [2.45, 2.75) is 27.2 Å². The van der Waals surface area contributed by atoms with E-state index < -0.39 is 0 Å². The van der Waals surface area contributed by atoms with Gasteiger partial charge in [-0.25, -0.2) is 9.97 Å². The van der Waals surface area contributed by atoms with Gasteiger partial charge in [-0.3, -0.25) is 4.79 Å². The van der Waals surface area contributed by atoms with Crippen molar-refractivity contribution in [2.24, 2.45) is 0 Å². The van der Waals surface area contributed by atoms with Gasteiger partial charge in [0.15, 0.2) is 0 Å². The maximum atomic E-state index is 12.1. The van der Waals surface area contributed by atoms with Gasteiger partial charge in [0, 0.05) is 17.9 Å². The molecule has 1 aromatic carbocycles. The van der Waals surface area contributed by atoms with Crippen LogP contribution in [0, 0.1) is 13.8 Å². The minimum absolute atomic E-state index is 0.237. The Morgan fingerprint density at radius 3 is 2.78 bits per heavy atom. The fourth-order valence-corrected chi connectivity index (χ4v) is 2.31. The summed E-state index contributed by atoms with van der Waals surface area (Å²) >= 11 is 0. The number of amides is 1. The van der Waals surface area contributed by atoms with Gasteiger partial charge in [0.1, 0.15) is 5.69 Å². The van der Waals surface area contributed by atoms with Crippen LogP contribution in [0.3, 0.4) is 0 Å². The minimum atomic E-state index is -0.237. The predicted octanol–water partition coefficient (Wildman–Crippen LogP) is 3.32. The number of hydrogen-bond acceptors (Lipinski definition) is 4. The van der Waals surface area contributed by atoms with Crippen LogP contribution in [0.15, 0.2) is 36.9 Å². The second-order valence-electron chi connectivity index (χ2n) is 5.30. The summed E-state index contributed by atoms with van der Waals surface area (Å²) in [6.07, 6.45) is 2.54. The molecule has 5 nitrogen and oxygen atoms in total. The summed E-state index contributed by atoms with van der Waals surface area (Å²) in [5.74, 6) is 0.191. The van der Waals surface area contributed by atoms with E-state index in [4.69, 9.17) is 0 Å². The number of nitrogens with zero attached hydrogens (tertiary/aromatic N) is 2. The van der Waals surface area contributed by atoms with E-state index in [1.165, 1.54) is 5.56 Å². The molecular formula is C18H22N4O. The number of rotatable bonds is 6. The van der Waals surface area contributed by atoms with Crippen molar-refractivity contribution in [1.82, 2.24) is 15.3 Å². The molecule has 120 valence electrons. The Kier molecular flexibility index (Phi) is 5.46. The summed E-state index contributed by atoms with van der Waals surface area (Å²) in [4.78, 5) is 20.8. The van der Waals surface area contributed by atoms with Gasteiger partial charge in [0.25, 0.3) is 5.91 Å². The molecule has 0 aliphatic carbocycles. The van der Waals surface area contributed by atoms with E-state index in [2.05, 4.69) is 40.2 Å². The van der Waals surface area contributed by atoms with Gasteiger partial charge in [-0.15, -0.1) is 6.58 Å². The largest absolute Gasteiger partial charge is 0.347 e. The van der Waals surface area contributed by atoms with Gasteiger partial charge in [-0.2, -0.15) is 0 Å². The van der Waals surface area contributed by atoms with E-state index in [1.54, 1.807) is 12.1 Å². The van der Waals surface area contributed by atoms with Crippen molar-refractivity contribution in [3.63, 3.8) is 0 Å². The molecule has 2 rings (SSSR count). The molecule has 1 heterocycles. The average molecular weight is 310 g/mol. The Labute approximate surface area is 136 Å². The Morgan fingerprint density at radius 2 is 2.09 bits per heavy atom. The molecule has 0 spiro atoms. The van der Waals surface area contributed by atoms with Crippen molar-refractivity contribution >= 4 is 17.5 Å². The maximum absolute atomic E-state index is 12.1. The smallest absolute Gasteiger partial charge is 0.270 e. The molecule has 0 aliphatic rings. The lowest BCUT2D eigenvalue weighted by atomic mass is 10.1. The van der Waals surface area contributed by atoms with Crippen LogP contribution in [-0.4, -0.2) is 22.4 Å². The number of aromatic nitrogens is 2. The fraction of sp³-hybridized carbons (Fsp3) is 0.278. The maximum Gasteiger partial charge on any atom is 0.270 e. The molecule has 5 heteroatoms. The van der Waals surface area contributed by atoms with Crippen LogP contribution in [0.25, 0.3) is 0 Å². The first-order valence-electron chi connectivity index (χ1n) is 7.65. The fourth-order valence-electron chi connectivity index (χ4n) is 2.31. The van der Waals surface area contributed by atoms with E-state index >= 15 is 0 Å². The van der Waals surface area contributed by atoms with Crippen LogP contribution >= 0.6 is 0 Å². The van der Waals surface area contributed by atoms with E-state index in [-0.39, 0.29) is 5.91 Å². The lowest BCUT2D eigenvalue weighted by Crippen LogP contribution is -2.24. The average Bonchev–Trinajstić information content (AvgIpc) is 2.54. The van der Waals surface area contributed by atoms with Gasteiger partial charge in [0.2, 0.25) is 5.95 Å².